The van der Waals surface area contributed by atoms with Crippen LogP contribution in [0.2, 0.25) is 0 Å². The van der Waals surface area contributed by atoms with E-state index in [-0.39, 0.29) is 0 Å². The number of unbranched alkanes of at least 4 members (excludes halogenated alkanes) is 6. The number of rotatable bonds is 11. The van der Waals surface area contributed by atoms with E-state index in [1.165, 1.54) is 38.5 Å². The lowest BCUT2D eigenvalue weighted by Crippen LogP contribution is -2.05. The summed E-state index contributed by atoms with van der Waals surface area (Å²) in [7, 11) is 0. The monoisotopic (exact) mass is 290 g/mol. The fraction of sp³-hybridized carbons (Fsp3) is 0.500. The van der Waals surface area contributed by atoms with Gasteiger partial charge in [-0.15, -0.1) is 0 Å². The Balaban J connectivity index is 2.30. The molecule has 0 aromatic heterocycles. The molecule has 0 radical (unpaired) electrons. The maximum absolute atomic E-state index is 11.0. The molecular weight excluding hydrogens is 264 g/mol. The quantitative estimate of drug-likeness (QED) is 0.249. The molecule has 0 bridgehead atoms. The van der Waals surface area contributed by atoms with E-state index >= 15 is 0 Å². The molecule has 0 heterocycles. The van der Waals surface area contributed by atoms with E-state index in [0.29, 0.717) is 5.75 Å². The molecule has 0 unspecified atom stereocenters. The van der Waals surface area contributed by atoms with Gasteiger partial charge in [0.1, 0.15) is 0 Å². The van der Waals surface area contributed by atoms with E-state index in [9.17, 15) is 4.79 Å². The van der Waals surface area contributed by atoms with Gasteiger partial charge >= 0.3 is 5.97 Å². The molecular formula is C18H26O3. The van der Waals surface area contributed by atoms with E-state index in [1.807, 2.05) is 24.3 Å². The highest BCUT2D eigenvalue weighted by Gasteiger charge is 2.06. The SMILES string of the molecule is C=CC(=O)OOc1ccccc1CCCCCCCCC. The first kappa shape index (κ1) is 17.3. The van der Waals surface area contributed by atoms with Crippen LogP contribution < -0.4 is 4.89 Å². The van der Waals surface area contributed by atoms with Crippen molar-refractivity contribution in [1.82, 2.24) is 0 Å². The Hall–Kier alpha value is -1.77. The van der Waals surface area contributed by atoms with E-state index in [0.717, 1.165) is 24.5 Å². The van der Waals surface area contributed by atoms with Gasteiger partial charge in [-0.2, -0.15) is 0 Å². The highest BCUT2D eigenvalue weighted by molar-refractivity contribution is 5.80. The predicted octanol–water partition coefficient (Wildman–Crippen LogP) is 5.00. The summed E-state index contributed by atoms with van der Waals surface area (Å²) >= 11 is 0. The van der Waals surface area contributed by atoms with Crippen LogP contribution >= 0.6 is 0 Å². The van der Waals surface area contributed by atoms with E-state index < -0.39 is 5.97 Å². The number of para-hydroxylation sites is 1. The van der Waals surface area contributed by atoms with Gasteiger partial charge in [0.15, 0.2) is 5.75 Å². The Bertz CT molecular complexity index is 426. The fourth-order valence-electron chi connectivity index (χ4n) is 2.18. The molecule has 3 heteroatoms. The second-order valence-corrected chi connectivity index (χ2v) is 5.17. The summed E-state index contributed by atoms with van der Waals surface area (Å²) in [5.74, 6) is 0.0272. The largest absolute Gasteiger partial charge is 0.378 e. The van der Waals surface area contributed by atoms with Crippen LogP contribution in [0.1, 0.15) is 57.4 Å². The van der Waals surface area contributed by atoms with Gasteiger partial charge in [0.05, 0.1) is 0 Å². The number of carbonyl (C=O) groups excluding carboxylic acids is 1. The molecule has 0 aliphatic rings. The van der Waals surface area contributed by atoms with E-state index in [1.54, 1.807) is 0 Å². The minimum atomic E-state index is -0.583. The average Bonchev–Trinajstić information content (AvgIpc) is 2.52. The van der Waals surface area contributed by atoms with Gasteiger partial charge in [-0.05, 0) is 24.5 Å². The van der Waals surface area contributed by atoms with E-state index in [4.69, 9.17) is 4.89 Å². The normalized spacial score (nSPS) is 10.1. The highest BCUT2D eigenvalue weighted by Crippen LogP contribution is 2.21. The van der Waals surface area contributed by atoms with Gasteiger partial charge in [0.2, 0.25) is 0 Å². The van der Waals surface area contributed by atoms with Gasteiger partial charge in [0, 0.05) is 6.08 Å². The van der Waals surface area contributed by atoms with Crippen LogP contribution in [0.4, 0.5) is 0 Å². The molecule has 0 spiro atoms. The zero-order valence-corrected chi connectivity index (χ0v) is 13.0. The average molecular weight is 290 g/mol. The number of benzene rings is 1. The third-order valence-electron chi connectivity index (χ3n) is 3.40. The Morgan fingerprint density at radius 1 is 1.10 bits per heavy atom. The Morgan fingerprint density at radius 3 is 2.48 bits per heavy atom. The number of hydrogen-bond donors (Lipinski definition) is 0. The van der Waals surface area contributed by atoms with Crippen molar-refractivity contribution >= 4 is 5.97 Å². The molecule has 0 fully saturated rings. The Kier molecular flexibility index (Phi) is 9.01. The summed E-state index contributed by atoms with van der Waals surface area (Å²) in [5, 5.41) is 0. The molecule has 1 rings (SSSR count). The summed E-state index contributed by atoms with van der Waals surface area (Å²) in [4.78, 5) is 20.7. The van der Waals surface area contributed by atoms with Crippen molar-refractivity contribution in [3.8, 4) is 5.75 Å². The number of aryl methyl sites for hydroxylation is 1. The van der Waals surface area contributed by atoms with Gasteiger partial charge in [-0.3, -0.25) is 4.89 Å². The Labute approximate surface area is 127 Å². The molecule has 116 valence electrons. The first-order chi connectivity index (χ1) is 10.3. The lowest BCUT2D eigenvalue weighted by atomic mass is 10.0. The van der Waals surface area contributed by atoms with Crippen molar-refractivity contribution < 1.29 is 14.6 Å². The van der Waals surface area contributed by atoms with Crippen LogP contribution in [-0.4, -0.2) is 5.97 Å². The summed E-state index contributed by atoms with van der Waals surface area (Å²) in [5.41, 5.74) is 1.07. The number of carbonyl (C=O) groups is 1. The first-order valence-electron chi connectivity index (χ1n) is 7.86. The molecule has 1 aromatic carbocycles. The second-order valence-electron chi connectivity index (χ2n) is 5.17. The van der Waals surface area contributed by atoms with Crippen molar-refractivity contribution in [2.24, 2.45) is 0 Å². The van der Waals surface area contributed by atoms with Gasteiger partial charge < -0.3 is 0 Å². The van der Waals surface area contributed by atoms with E-state index in [2.05, 4.69) is 18.4 Å². The van der Waals surface area contributed by atoms with Crippen LogP contribution in [0.15, 0.2) is 36.9 Å². The topological polar surface area (TPSA) is 35.5 Å². The maximum Gasteiger partial charge on any atom is 0.378 e. The van der Waals surface area contributed by atoms with Crippen molar-refractivity contribution in [3.05, 3.63) is 42.5 Å². The molecule has 0 aliphatic carbocycles. The minimum absolute atomic E-state index is 0.583. The van der Waals surface area contributed by atoms with Crippen molar-refractivity contribution in [3.63, 3.8) is 0 Å². The van der Waals surface area contributed by atoms with Gasteiger partial charge in [-0.25, -0.2) is 9.68 Å². The highest BCUT2D eigenvalue weighted by atomic mass is 17.2. The second kappa shape index (κ2) is 11.0. The lowest BCUT2D eigenvalue weighted by Gasteiger charge is -2.08. The summed E-state index contributed by atoms with van der Waals surface area (Å²) < 4.78 is 0. The van der Waals surface area contributed by atoms with Crippen LogP contribution in [0.5, 0.6) is 5.75 Å². The van der Waals surface area contributed by atoms with Crippen molar-refractivity contribution in [2.45, 2.75) is 58.3 Å². The van der Waals surface area contributed by atoms with Crippen molar-refractivity contribution in [1.29, 1.82) is 0 Å². The summed E-state index contributed by atoms with van der Waals surface area (Å²) in [6, 6.07) is 7.66. The smallest absolute Gasteiger partial charge is 0.286 e. The standard InChI is InChI=1S/C18H26O3/c1-3-5-6-7-8-9-10-13-16-14-11-12-15-17(16)20-21-18(19)4-2/h4,11-12,14-15H,2-3,5-10,13H2,1H3. The zero-order valence-electron chi connectivity index (χ0n) is 13.0. The summed E-state index contributed by atoms with van der Waals surface area (Å²) in [6.07, 6.45) is 10.9. The molecule has 21 heavy (non-hydrogen) atoms. The van der Waals surface area contributed by atoms with Gasteiger partial charge in [-0.1, -0.05) is 70.2 Å². The maximum atomic E-state index is 11.0. The molecule has 0 atom stereocenters. The lowest BCUT2D eigenvalue weighted by molar-refractivity contribution is -0.207. The minimum Gasteiger partial charge on any atom is -0.286 e. The van der Waals surface area contributed by atoms with Crippen LogP contribution in [0.25, 0.3) is 0 Å². The molecule has 0 saturated heterocycles. The third kappa shape index (κ3) is 7.54. The predicted molar refractivity (Wildman–Crippen MR) is 85.1 cm³/mol. The van der Waals surface area contributed by atoms with Crippen LogP contribution in [-0.2, 0) is 16.1 Å². The molecule has 0 N–H and O–H groups in total. The fourth-order valence-corrected chi connectivity index (χ4v) is 2.18. The number of hydrogen-bond acceptors (Lipinski definition) is 3. The molecule has 0 saturated carbocycles. The van der Waals surface area contributed by atoms with Crippen LogP contribution in [0.3, 0.4) is 0 Å². The molecule has 1 aromatic rings. The first-order valence-corrected chi connectivity index (χ1v) is 7.86. The van der Waals surface area contributed by atoms with Gasteiger partial charge in [0.25, 0.3) is 0 Å². The molecule has 0 amide bonds. The summed E-state index contributed by atoms with van der Waals surface area (Å²) in [6.45, 7) is 5.56. The van der Waals surface area contributed by atoms with Crippen LogP contribution in [0, 0.1) is 0 Å². The molecule has 3 nitrogen and oxygen atoms in total. The van der Waals surface area contributed by atoms with Crippen molar-refractivity contribution in [2.75, 3.05) is 0 Å². The third-order valence-corrected chi connectivity index (χ3v) is 3.40. The molecule has 0 aliphatic heterocycles. The Morgan fingerprint density at radius 2 is 1.76 bits per heavy atom. The zero-order chi connectivity index (χ0) is 15.3.